The van der Waals surface area contributed by atoms with Gasteiger partial charge in [-0.05, 0) is 37.1 Å². The molecule has 0 bridgehead atoms. The molecule has 0 radical (unpaired) electrons. The van der Waals surface area contributed by atoms with E-state index in [0.717, 1.165) is 5.02 Å². The molecule has 0 aromatic heterocycles. The number of rotatable bonds is 1. The second-order valence-corrected chi connectivity index (χ2v) is 5.36. The fraction of sp³-hybridized carbons (Fsp3) is 0.455. The zero-order chi connectivity index (χ0) is 10.1. The number of aryl methyl sites for hydroxylation is 1. The van der Waals surface area contributed by atoms with E-state index in [1.807, 2.05) is 23.9 Å². The van der Waals surface area contributed by atoms with Crippen molar-refractivity contribution in [3.63, 3.8) is 0 Å². The molecule has 76 valence electrons. The van der Waals surface area contributed by atoms with E-state index < -0.39 is 0 Å². The van der Waals surface area contributed by atoms with Gasteiger partial charge in [-0.25, -0.2) is 0 Å². The highest BCUT2D eigenvalue weighted by atomic mass is 35.5. The average molecular weight is 228 g/mol. The fourth-order valence-electron chi connectivity index (χ4n) is 1.71. The minimum Gasteiger partial charge on any atom is -0.298 e. The minimum atomic E-state index is 0.447. The zero-order valence-electron chi connectivity index (χ0n) is 8.38. The van der Waals surface area contributed by atoms with Crippen LogP contribution in [-0.2, 0) is 0 Å². The summed E-state index contributed by atoms with van der Waals surface area (Å²) in [4.78, 5) is 0. The Balaban J connectivity index is 2.24. The lowest BCUT2D eigenvalue weighted by atomic mass is 10.1. The molecule has 1 aromatic carbocycles. The maximum absolute atomic E-state index is 5.93. The maximum Gasteiger partial charge on any atom is 0.0794 e. The molecule has 1 nitrogen and oxygen atoms in total. The first kappa shape index (κ1) is 10.3. The molecule has 1 aliphatic rings. The molecular formula is C11H14ClNS. The Morgan fingerprint density at radius 3 is 2.86 bits per heavy atom. The Hall–Kier alpha value is -0.180. The standard InChI is InChI=1S/C11H14ClNS/c1-7-5-9(12)3-4-10(7)11-13-8(2)6-14-11/h3-5,8,11,13H,6H2,1-2H3. The van der Waals surface area contributed by atoms with Crippen LogP contribution in [0.15, 0.2) is 18.2 Å². The Kier molecular flexibility index (Phi) is 3.05. The molecule has 1 aromatic rings. The first-order valence-electron chi connectivity index (χ1n) is 4.80. The van der Waals surface area contributed by atoms with Crippen LogP contribution in [0.1, 0.15) is 23.4 Å². The molecule has 0 aliphatic carbocycles. The van der Waals surface area contributed by atoms with Gasteiger partial charge in [-0.3, -0.25) is 5.32 Å². The number of halogens is 1. The van der Waals surface area contributed by atoms with E-state index in [1.165, 1.54) is 16.9 Å². The van der Waals surface area contributed by atoms with E-state index in [4.69, 9.17) is 11.6 Å². The average Bonchev–Trinajstić information content (AvgIpc) is 2.51. The molecule has 2 atom stereocenters. The summed E-state index contributed by atoms with van der Waals surface area (Å²) in [5.74, 6) is 1.19. The van der Waals surface area contributed by atoms with Crippen LogP contribution in [0, 0.1) is 6.92 Å². The molecule has 1 fully saturated rings. The maximum atomic E-state index is 5.93. The van der Waals surface area contributed by atoms with Crippen molar-refractivity contribution in [2.24, 2.45) is 0 Å². The molecule has 1 heterocycles. The topological polar surface area (TPSA) is 12.0 Å². The summed E-state index contributed by atoms with van der Waals surface area (Å²) < 4.78 is 0. The van der Waals surface area contributed by atoms with E-state index in [9.17, 15) is 0 Å². The van der Waals surface area contributed by atoms with Crippen molar-refractivity contribution in [1.29, 1.82) is 0 Å². The molecule has 1 N–H and O–H groups in total. The summed E-state index contributed by atoms with van der Waals surface area (Å²) >= 11 is 7.89. The number of thioether (sulfide) groups is 1. The van der Waals surface area contributed by atoms with E-state index in [1.54, 1.807) is 0 Å². The second kappa shape index (κ2) is 4.13. The Morgan fingerprint density at radius 2 is 2.29 bits per heavy atom. The fourth-order valence-corrected chi connectivity index (χ4v) is 3.28. The summed E-state index contributed by atoms with van der Waals surface area (Å²) in [5.41, 5.74) is 2.64. The van der Waals surface area contributed by atoms with Crippen molar-refractivity contribution >= 4 is 23.4 Å². The van der Waals surface area contributed by atoms with Gasteiger partial charge in [-0.2, -0.15) is 0 Å². The number of hydrogen-bond acceptors (Lipinski definition) is 2. The Labute approximate surface area is 94.2 Å². The van der Waals surface area contributed by atoms with Crippen molar-refractivity contribution in [2.75, 3.05) is 5.75 Å². The molecule has 1 aliphatic heterocycles. The van der Waals surface area contributed by atoms with E-state index in [2.05, 4.69) is 25.2 Å². The van der Waals surface area contributed by atoms with E-state index >= 15 is 0 Å². The van der Waals surface area contributed by atoms with Crippen LogP contribution in [0.25, 0.3) is 0 Å². The van der Waals surface area contributed by atoms with Crippen LogP contribution in [0.2, 0.25) is 5.02 Å². The summed E-state index contributed by atoms with van der Waals surface area (Å²) in [6, 6.07) is 6.73. The van der Waals surface area contributed by atoms with Crippen molar-refractivity contribution in [2.45, 2.75) is 25.3 Å². The summed E-state index contributed by atoms with van der Waals surface area (Å²) in [6.45, 7) is 4.34. The van der Waals surface area contributed by atoms with Crippen molar-refractivity contribution in [3.8, 4) is 0 Å². The largest absolute Gasteiger partial charge is 0.298 e. The van der Waals surface area contributed by atoms with Gasteiger partial charge in [0.25, 0.3) is 0 Å². The monoisotopic (exact) mass is 227 g/mol. The summed E-state index contributed by atoms with van der Waals surface area (Å²) in [5, 5.41) is 4.82. The van der Waals surface area contributed by atoms with Crippen molar-refractivity contribution in [3.05, 3.63) is 34.3 Å². The number of hydrogen-bond donors (Lipinski definition) is 1. The van der Waals surface area contributed by atoms with Gasteiger partial charge in [0.15, 0.2) is 0 Å². The third-order valence-corrected chi connectivity index (χ3v) is 4.11. The summed E-state index contributed by atoms with van der Waals surface area (Å²) in [7, 11) is 0. The predicted molar refractivity (Wildman–Crippen MR) is 64.0 cm³/mol. The molecule has 0 saturated carbocycles. The van der Waals surface area contributed by atoms with Gasteiger partial charge >= 0.3 is 0 Å². The highest BCUT2D eigenvalue weighted by Gasteiger charge is 2.23. The van der Waals surface area contributed by atoms with Gasteiger partial charge in [-0.15, -0.1) is 11.8 Å². The lowest BCUT2D eigenvalue weighted by molar-refractivity contribution is 0.617. The van der Waals surface area contributed by atoms with Crippen molar-refractivity contribution < 1.29 is 0 Å². The lowest BCUT2D eigenvalue weighted by Gasteiger charge is -2.14. The second-order valence-electron chi connectivity index (χ2n) is 3.78. The Morgan fingerprint density at radius 1 is 1.50 bits per heavy atom. The van der Waals surface area contributed by atoms with Crippen LogP contribution in [-0.4, -0.2) is 11.8 Å². The predicted octanol–water partition coefficient (Wildman–Crippen LogP) is 3.37. The third kappa shape index (κ3) is 2.08. The van der Waals surface area contributed by atoms with Crippen molar-refractivity contribution in [1.82, 2.24) is 5.32 Å². The van der Waals surface area contributed by atoms with Gasteiger partial charge in [0, 0.05) is 16.8 Å². The van der Waals surface area contributed by atoms with E-state index in [-0.39, 0.29) is 0 Å². The summed E-state index contributed by atoms with van der Waals surface area (Å²) in [6.07, 6.45) is 0. The van der Waals surface area contributed by atoms with Gasteiger partial charge in [-0.1, -0.05) is 17.7 Å². The van der Waals surface area contributed by atoms with Gasteiger partial charge in [0.05, 0.1) is 5.37 Å². The smallest absolute Gasteiger partial charge is 0.0794 e. The van der Waals surface area contributed by atoms with Crippen LogP contribution in [0.4, 0.5) is 0 Å². The highest BCUT2D eigenvalue weighted by Crippen LogP contribution is 2.34. The highest BCUT2D eigenvalue weighted by molar-refractivity contribution is 7.99. The molecule has 2 rings (SSSR count). The molecule has 14 heavy (non-hydrogen) atoms. The third-order valence-electron chi connectivity index (χ3n) is 2.46. The van der Waals surface area contributed by atoms with Gasteiger partial charge in [0.1, 0.15) is 0 Å². The van der Waals surface area contributed by atoms with Gasteiger partial charge in [0.2, 0.25) is 0 Å². The molecule has 0 spiro atoms. The number of benzene rings is 1. The normalized spacial score (nSPS) is 26.8. The molecule has 0 amide bonds. The first-order chi connectivity index (χ1) is 6.66. The lowest BCUT2D eigenvalue weighted by Crippen LogP contribution is -2.22. The van der Waals surface area contributed by atoms with Crippen LogP contribution >= 0.6 is 23.4 Å². The van der Waals surface area contributed by atoms with E-state index in [0.29, 0.717) is 11.4 Å². The SMILES string of the molecule is Cc1cc(Cl)ccc1C1NC(C)CS1. The Bertz CT molecular complexity index is 340. The quantitative estimate of drug-likeness (QED) is 0.790. The van der Waals surface area contributed by atoms with Gasteiger partial charge < -0.3 is 0 Å². The van der Waals surface area contributed by atoms with Crippen LogP contribution in [0.5, 0.6) is 0 Å². The minimum absolute atomic E-state index is 0.447. The first-order valence-corrected chi connectivity index (χ1v) is 6.23. The molecule has 2 unspecified atom stereocenters. The molecule has 3 heteroatoms. The number of nitrogens with one attached hydrogen (secondary N) is 1. The van der Waals surface area contributed by atoms with Crippen LogP contribution < -0.4 is 5.32 Å². The molecule has 1 saturated heterocycles. The van der Waals surface area contributed by atoms with Crippen LogP contribution in [0.3, 0.4) is 0 Å². The zero-order valence-corrected chi connectivity index (χ0v) is 9.95. The molecular weight excluding hydrogens is 214 g/mol.